The number of benzene rings is 2. The monoisotopic (exact) mass is 440 g/mol. The first-order chi connectivity index (χ1) is 16.0. The number of nitriles is 1. The molecule has 3 aromatic rings. The van der Waals surface area contributed by atoms with E-state index in [1.54, 1.807) is 23.0 Å². The molecule has 1 fully saturated rings. The zero-order valence-electron chi connectivity index (χ0n) is 18.8. The minimum Gasteiger partial charge on any atom is -0.391 e. The molecular formula is C27H28N4O2. The molecule has 1 aromatic heterocycles. The van der Waals surface area contributed by atoms with Crippen LogP contribution in [-0.2, 0) is 6.42 Å². The molecule has 1 heterocycles. The smallest absolute Gasteiger partial charge is 0.252 e. The van der Waals surface area contributed by atoms with Gasteiger partial charge in [-0.3, -0.25) is 4.79 Å². The summed E-state index contributed by atoms with van der Waals surface area (Å²) in [6, 6.07) is 13.7. The van der Waals surface area contributed by atoms with Gasteiger partial charge < -0.3 is 10.4 Å². The van der Waals surface area contributed by atoms with E-state index in [4.69, 9.17) is 0 Å². The van der Waals surface area contributed by atoms with Gasteiger partial charge in [0.05, 0.1) is 29.5 Å². The molecule has 0 radical (unpaired) electrons. The second kappa shape index (κ2) is 9.85. The van der Waals surface area contributed by atoms with E-state index in [-0.39, 0.29) is 11.9 Å². The van der Waals surface area contributed by atoms with E-state index >= 15 is 0 Å². The Labute approximate surface area is 194 Å². The van der Waals surface area contributed by atoms with Gasteiger partial charge in [-0.1, -0.05) is 37.6 Å². The molecular weight excluding hydrogens is 412 g/mol. The van der Waals surface area contributed by atoms with Gasteiger partial charge in [-0.25, -0.2) is 4.68 Å². The van der Waals surface area contributed by atoms with Crippen molar-refractivity contribution in [3.63, 3.8) is 0 Å². The lowest BCUT2D eigenvalue weighted by molar-refractivity contribution is 0.0717. The summed E-state index contributed by atoms with van der Waals surface area (Å²) >= 11 is 0. The largest absolute Gasteiger partial charge is 0.391 e. The van der Waals surface area contributed by atoms with Crippen molar-refractivity contribution < 1.29 is 9.90 Å². The topological polar surface area (TPSA) is 90.9 Å². The Morgan fingerprint density at radius 2 is 2.09 bits per heavy atom. The molecule has 6 heteroatoms. The summed E-state index contributed by atoms with van der Waals surface area (Å²) in [5.74, 6) is -0.237. The van der Waals surface area contributed by atoms with Crippen molar-refractivity contribution in [1.82, 2.24) is 15.1 Å². The van der Waals surface area contributed by atoms with Crippen molar-refractivity contribution in [2.45, 2.75) is 51.2 Å². The van der Waals surface area contributed by atoms with Crippen molar-refractivity contribution >= 4 is 12.0 Å². The average Bonchev–Trinajstić information content (AvgIpc) is 3.36. The van der Waals surface area contributed by atoms with Crippen LogP contribution in [0, 0.1) is 18.3 Å². The Morgan fingerprint density at radius 1 is 1.33 bits per heavy atom. The number of hydrogen-bond donors (Lipinski definition) is 2. The maximum Gasteiger partial charge on any atom is 0.252 e. The highest BCUT2D eigenvalue weighted by Gasteiger charge is 2.26. The normalized spacial score (nSPS) is 17.8. The molecule has 0 unspecified atom stereocenters. The van der Waals surface area contributed by atoms with E-state index in [1.165, 1.54) is 0 Å². The van der Waals surface area contributed by atoms with Gasteiger partial charge in [0.1, 0.15) is 0 Å². The Kier molecular flexibility index (Phi) is 6.71. The number of carbonyl (C=O) groups is 1. The predicted molar refractivity (Wildman–Crippen MR) is 128 cm³/mol. The molecule has 1 saturated carbocycles. The number of hydrogen-bond acceptors (Lipinski definition) is 4. The van der Waals surface area contributed by atoms with E-state index in [1.807, 2.05) is 43.5 Å². The fourth-order valence-electron chi connectivity index (χ4n) is 4.58. The van der Waals surface area contributed by atoms with Crippen LogP contribution < -0.4 is 5.32 Å². The van der Waals surface area contributed by atoms with Gasteiger partial charge >= 0.3 is 0 Å². The lowest BCUT2D eigenvalue weighted by Gasteiger charge is -2.28. The second-order valence-electron chi connectivity index (χ2n) is 8.54. The number of aliphatic hydroxyl groups is 1. The van der Waals surface area contributed by atoms with Crippen molar-refractivity contribution in [2.24, 2.45) is 0 Å². The Bertz CT molecular complexity index is 1190. The van der Waals surface area contributed by atoms with Gasteiger partial charge in [-0.15, -0.1) is 0 Å². The quantitative estimate of drug-likeness (QED) is 0.597. The number of amides is 1. The van der Waals surface area contributed by atoms with Gasteiger partial charge in [0, 0.05) is 18.0 Å². The molecule has 1 aliphatic carbocycles. The fourth-order valence-corrected chi connectivity index (χ4v) is 4.58. The molecule has 1 aliphatic rings. The van der Waals surface area contributed by atoms with Crippen molar-refractivity contribution in [3.05, 3.63) is 88.8 Å². The number of aromatic nitrogens is 2. The van der Waals surface area contributed by atoms with Gasteiger partial charge in [0.25, 0.3) is 5.91 Å². The zero-order chi connectivity index (χ0) is 23.4. The number of aliphatic hydroxyl groups excluding tert-OH is 1. The zero-order valence-corrected chi connectivity index (χ0v) is 18.8. The molecule has 2 aromatic carbocycles. The van der Waals surface area contributed by atoms with Crippen LogP contribution in [0.4, 0.5) is 0 Å². The average molecular weight is 441 g/mol. The molecule has 2 N–H and O–H groups in total. The summed E-state index contributed by atoms with van der Waals surface area (Å²) in [4.78, 5) is 13.2. The van der Waals surface area contributed by atoms with Gasteiger partial charge in [0.15, 0.2) is 0 Å². The SMILES string of the molecule is C=Cc1c(C(=O)N[C@H]2CCCC[C@@H]2O)cc(Cc2ccc(-n3cccn3)cc2)c(C#N)c1C. The number of nitrogens with one attached hydrogen (secondary N) is 1. The summed E-state index contributed by atoms with van der Waals surface area (Å²) in [6.07, 6.45) is 8.67. The molecule has 2 atom stereocenters. The van der Waals surface area contributed by atoms with Crippen LogP contribution in [0.3, 0.4) is 0 Å². The molecule has 0 aliphatic heterocycles. The molecule has 1 amide bonds. The minimum atomic E-state index is -0.526. The van der Waals surface area contributed by atoms with Crippen molar-refractivity contribution in [2.75, 3.05) is 0 Å². The third-order valence-electron chi connectivity index (χ3n) is 6.42. The summed E-state index contributed by atoms with van der Waals surface area (Å²) in [6.45, 7) is 5.73. The van der Waals surface area contributed by atoms with E-state index in [0.29, 0.717) is 29.5 Å². The summed E-state index contributed by atoms with van der Waals surface area (Å²) in [5.41, 5.74) is 5.23. The number of carbonyl (C=O) groups excluding carboxylic acids is 1. The van der Waals surface area contributed by atoms with Crippen LogP contribution >= 0.6 is 0 Å². The standard InChI is InChI=1S/C27H28N4O2/c1-3-22-18(2)24(17-28)20(15-19-9-11-21(12-10-19)31-14-6-13-29-31)16-23(22)27(33)30-25-7-4-5-8-26(25)32/h3,6,9-14,16,25-26,32H,1,4-5,7-8,15H2,2H3,(H,30,33)/t25-,26-/m0/s1. The molecule has 0 saturated heterocycles. The molecule has 4 rings (SSSR count). The molecule has 6 nitrogen and oxygen atoms in total. The summed E-state index contributed by atoms with van der Waals surface area (Å²) in [7, 11) is 0. The first-order valence-electron chi connectivity index (χ1n) is 11.3. The first kappa shape index (κ1) is 22.5. The van der Waals surface area contributed by atoms with Crippen LogP contribution in [0.25, 0.3) is 11.8 Å². The molecule has 0 bridgehead atoms. The highest BCUT2D eigenvalue weighted by molar-refractivity contribution is 5.99. The van der Waals surface area contributed by atoms with E-state index in [0.717, 1.165) is 41.6 Å². The highest BCUT2D eigenvalue weighted by Crippen LogP contribution is 2.27. The Balaban J connectivity index is 1.65. The maximum atomic E-state index is 13.2. The summed E-state index contributed by atoms with van der Waals surface area (Å²) in [5, 5.41) is 27.4. The van der Waals surface area contributed by atoms with Gasteiger partial charge in [-0.2, -0.15) is 10.4 Å². The van der Waals surface area contributed by atoms with Crippen molar-refractivity contribution in [1.29, 1.82) is 5.26 Å². The van der Waals surface area contributed by atoms with Crippen LogP contribution in [0.15, 0.2) is 55.4 Å². The van der Waals surface area contributed by atoms with E-state index in [2.05, 4.69) is 23.1 Å². The number of nitrogens with zero attached hydrogens (tertiary/aromatic N) is 3. The van der Waals surface area contributed by atoms with Crippen LogP contribution in [0.2, 0.25) is 0 Å². The fraction of sp³-hybridized carbons (Fsp3) is 0.296. The maximum absolute atomic E-state index is 13.2. The third-order valence-corrected chi connectivity index (χ3v) is 6.42. The predicted octanol–water partition coefficient (Wildman–Crippen LogP) is 4.32. The lowest BCUT2D eigenvalue weighted by Crippen LogP contribution is -2.45. The van der Waals surface area contributed by atoms with Gasteiger partial charge in [0.2, 0.25) is 0 Å². The van der Waals surface area contributed by atoms with Crippen LogP contribution in [0.1, 0.15) is 63.9 Å². The molecule has 33 heavy (non-hydrogen) atoms. The van der Waals surface area contributed by atoms with Crippen LogP contribution in [-0.4, -0.2) is 32.9 Å². The number of rotatable bonds is 6. The van der Waals surface area contributed by atoms with E-state index in [9.17, 15) is 15.2 Å². The Morgan fingerprint density at radius 3 is 2.73 bits per heavy atom. The first-order valence-corrected chi connectivity index (χ1v) is 11.3. The molecule has 0 spiro atoms. The summed E-state index contributed by atoms with van der Waals surface area (Å²) < 4.78 is 1.79. The minimum absolute atomic E-state index is 0.237. The molecule has 168 valence electrons. The second-order valence-corrected chi connectivity index (χ2v) is 8.54. The van der Waals surface area contributed by atoms with Crippen molar-refractivity contribution in [3.8, 4) is 11.8 Å². The van der Waals surface area contributed by atoms with E-state index < -0.39 is 6.10 Å². The third kappa shape index (κ3) is 4.74. The Hall–Kier alpha value is -3.69. The van der Waals surface area contributed by atoms with Gasteiger partial charge in [-0.05, 0) is 72.7 Å². The lowest BCUT2D eigenvalue weighted by atomic mass is 9.88. The highest BCUT2D eigenvalue weighted by atomic mass is 16.3. The van der Waals surface area contributed by atoms with Crippen LogP contribution in [0.5, 0.6) is 0 Å².